The van der Waals surface area contributed by atoms with Gasteiger partial charge >= 0.3 is 0 Å². The van der Waals surface area contributed by atoms with E-state index >= 15 is 0 Å². The second-order valence-electron chi connectivity index (χ2n) is 4.83. The van der Waals surface area contributed by atoms with Crippen LogP contribution in [0, 0.1) is 0 Å². The van der Waals surface area contributed by atoms with E-state index in [2.05, 4.69) is 26.5 Å². The van der Waals surface area contributed by atoms with E-state index in [1.54, 1.807) is 49.4 Å². The third-order valence-electron chi connectivity index (χ3n) is 3.10. The number of hydrogen-bond donors (Lipinski definition) is 3. The molecular formula is C17H17BrN2O4. The maximum atomic E-state index is 11.9. The van der Waals surface area contributed by atoms with Crippen molar-refractivity contribution in [3.05, 3.63) is 58.1 Å². The number of hydrogen-bond acceptors (Lipinski definition) is 5. The highest BCUT2D eigenvalue weighted by atomic mass is 79.9. The Balaban J connectivity index is 2.05. The summed E-state index contributed by atoms with van der Waals surface area (Å²) < 4.78 is 5.76. The first kappa shape index (κ1) is 18.0. The van der Waals surface area contributed by atoms with Crippen molar-refractivity contribution >= 4 is 28.1 Å². The SMILES string of the molecule is CCOc1cc(C=NNC(=O)C(O)c2ccccc2)cc(Br)c1O. The topological polar surface area (TPSA) is 91.2 Å². The highest BCUT2D eigenvalue weighted by Crippen LogP contribution is 2.35. The van der Waals surface area contributed by atoms with Crippen LogP contribution in [0.25, 0.3) is 0 Å². The van der Waals surface area contributed by atoms with Crippen molar-refractivity contribution < 1.29 is 19.7 Å². The summed E-state index contributed by atoms with van der Waals surface area (Å²) in [7, 11) is 0. The molecule has 0 aliphatic rings. The molecular weight excluding hydrogens is 376 g/mol. The summed E-state index contributed by atoms with van der Waals surface area (Å²) in [6.07, 6.45) is 0.0939. The van der Waals surface area contributed by atoms with E-state index in [0.29, 0.717) is 28.0 Å². The lowest BCUT2D eigenvalue weighted by atomic mass is 10.1. The molecule has 0 aliphatic carbocycles. The molecule has 1 atom stereocenters. The molecule has 0 bridgehead atoms. The van der Waals surface area contributed by atoms with Crippen LogP contribution in [0.4, 0.5) is 0 Å². The van der Waals surface area contributed by atoms with Gasteiger partial charge in [0, 0.05) is 0 Å². The fraction of sp³-hybridized carbons (Fsp3) is 0.176. The normalized spacial score (nSPS) is 12.1. The fourth-order valence-corrected chi connectivity index (χ4v) is 2.41. The number of carbonyl (C=O) groups excluding carboxylic acids is 1. The smallest absolute Gasteiger partial charge is 0.273 e. The van der Waals surface area contributed by atoms with Crippen LogP contribution in [0.3, 0.4) is 0 Å². The van der Waals surface area contributed by atoms with Crippen LogP contribution in [0.15, 0.2) is 52.0 Å². The molecule has 3 N–H and O–H groups in total. The Morgan fingerprint density at radius 3 is 2.75 bits per heavy atom. The molecule has 2 aromatic rings. The van der Waals surface area contributed by atoms with Crippen LogP contribution in [0.2, 0.25) is 0 Å². The number of rotatable bonds is 6. The number of aliphatic hydroxyl groups excluding tert-OH is 1. The van der Waals surface area contributed by atoms with Crippen LogP contribution in [0.5, 0.6) is 11.5 Å². The predicted molar refractivity (Wildman–Crippen MR) is 94.1 cm³/mol. The standard InChI is InChI=1S/C17H17BrN2O4/c1-2-24-14-9-11(8-13(18)16(14)22)10-19-20-17(23)15(21)12-6-4-3-5-7-12/h3-10,15,21-22H,2H2,1H3,(H,20,23). The molecule has 24 heavy (non-hydrogen) atoms. The third-order valence-corrected chi connectivity index (χ3v) is 3.71. The molecule has 0 aliphatic heterocycles. The molecule has 0 heterocycles. The molecule has 0 aromatic heterocycles. The average Bonchev–Trinajstić information content (AvgIpc) is 2.59. The highest BCUT2D eigenvalue weighted by molar-refractivity contribution is 9.10. The maximum Gasteiger partial charge on any atom is 0.273 e. The average molecular weight is 393 g/mol. The van der Waals surface area contributed by atoms with Gasteiger partial charge in [0.25, 0.3) is 5.91 Å². The number of hydrazone groups is 1. The van der Waals surface area contributed by atoms with E-state index in [9.17, 15) is 15.0 Å². The van der Waals surface area contributed by atoms with Gasteiger partial charge in [0.2, 0.25) is 0 Å². The summed E-state index contributed by atoms with van der Waals surface area (Å²) in [6.45, 7) is 2.21. The number of nitrogens with zero attached hydrogens (tertiary/aromatic N) is 1. The van der Waals surface area contributed by atoms with Crippen molar-refractivity contribution in [3.8, 4) is 11.5 Å². The number of ether oxygens (including phenoxy) is 1. The zero-order valence-corrected chi connectivity index (χ0v) is 14.5. The number of aliphatic hydroxyl groups is 1. The second kappa shape index (κ2) is 8.47. The maximum absolute atomic E-state index is 11.9. The molecule has 0 fully saturated rings. The van der Waals surface area contributed by atoms with Crippen molar-refractivity contribution in [3.63, 3.8) is 0 Å². The Bertz CT molecular complexity index is 735. The van der Waals surface area contributed by atoms with E-state index in [-0.39, 0.29) is 5.75 Å². The number of nitrogens with one attached hydrogen (secondary N) is 1. The van der Waals surface area contributed by atoms with Gasteiger partial charge in [0.15, 0.2) is 17.6 Å². The minimum Gasteiger partial charge on any atom is -0.503 e. The fourth-order valence-electron chi connectivity index (χ4n) is 1.95. The van der Waals surface area contributed by atoms with E-state index in [4.69, 9.17) is 4.74 Å². The zero-order valence-electron chi connectivity index (χ0n) is 12.9. The number of benzene rings is 2. The first-order valence-corrected chi connectivity index (χ1v) is 8.03. The quantitative estimate of drug-likeness (QED) is 0.520. The molecule has 7 heteroatoms. The Kier molecular flexibility index (Phi) is 6.34. The molecule has 2 aromatic carbocycles. The first-order chi connectivity index (χ1) is 11.5. The molecule has 6 nitrogen and oxygen atoms in total. The van der Waals surface area contributed by atoms with Gasteiger partial charge in [-0.25, -0.2) is 5.43 Å². The molecule has 1 amide bonds. The summed E-state index contributed by atoms with van der Waals surface area (Å²) in [6, 6.07) is 11.8. The Labute approximate surface area is 147 Å². The summed E-state index contributed by atoms with van der Waals surface area (Å²) in [5, 5.41) is 23.6. The van der Waals surface area contributed by atoms with Gasteiger partial charge in [-0.05, 0) is 46.1 Å². The molecule has 0 radical (unpaired) electrons. The van der Waals surface area contributed by atoms with Crippen LogP contribution in [-0.2, 0) is 4.79 Å². The Hall–Kier alpha value is -2.38. The lowest BCUT2D eigenvalue weighted by Gasteiger charge is -2.09. The number of amides is 1. The van der Waals surface area contributed by atoms with Crippen molar-refractivity contribution in [1.29, 1.82) is 0 Å². The van der Waals surface area contributed by atoms with E-state index in [1.165, 1.54) is 6.21 Å². The largest absolute Gasteiger partial charge is 0.503 e. The first-order valence-electron chi connectivity index (χ1n) is 7.24. The van der Waals surface area contributed by atoms with Gasteiger partial charge < -0.3 is 14.9 Å². The van der Waals surface area contributed by atoms with Crippen molar-refractivity contribution in [2.45, 2.75) is 13.0 Å². The number of carbonyl (C=O) groups is 1. The van der Waals surface area contributed by atoms with Gasteiger partial charge in [0.05, 0.1) is 17.3 Å². The monoisotopic (exact) mass is 392 g/mol. The third kappa shape index (κ3) is 4.56. The minimum atomic E-state index is -1.30. The van der Waals surface area contributed by atoms with Gasteiger partial charge in [-0.2, -0.15) is 5.10 Å². The van der Waals surface area contributed by atoms with E-state index in [1.807, 2.05) is 0 Å². The summed E-state index contributed by atoms with van der Waals surface area (Å²) in [5.74, 6) is -0.332. The van der Waals surface area contributed by atoms with Crippen LogP contribution >= 0.6 is 15.9 Å². The summed E-state index contributed by atoms with van der Waals surface area (Å²) in [5.41, 5.74) is 3.37. The lowest BCUT2D eigenvalue weighted by Crippen LogP contribution is -2.25. The Morgan fingerprint density at radius 1 is 1.38 bits per heavy atom. The van der Waals surface area contributed by atoms with E-state index < -0.39 is 12.0 Å². The van der Waals surface area contributed by atoms with Gasteiger partial charge in [0.1, 0.15) is 0 Å². The van der Waals surface area contributed by atoms with Crippen LogP contribution in [-0.4, -0.2) is 28.9 Å². The number of phenolic OH excluding ortho intramolecular Hbond substituents is 1. The molecule has 2 rings (SSSR count). The number of aromatic hydroxyl groups is 1. The van der Waals surface area contributed by atoms with Gasteiger partial charge in [-0.1, -0.05) is 30.3 Å². The van der Waals surface area contributed by atoms with E-state index in [0.717, 1.165) is 0 Å². The molecule has 126 valence electrons. The second-order valence-corrected chi connectivity index (χ2v) is 5.68. The van der Waals surface area contributed by atoms with Crippen molar-refractivity contribution in [1.82, 2.24) is 5.43 Å². The summed E-state index contributed by atoms with van der Waals surface area (Å²) in [4.78, 5) is 11.9. The van der Waals surface area contributed by atoms with Gasteiger partial charge in [-0.3, -0.25) is 4.79 Å². The minimum absolute atomic E-state index is 0.00228. The molecule has 0 saturated heterocycles. The lowest BCUT2D eigenvalue weighted by molar-refractivity contribution is -0.129. The van der Waals surface area contributed by atoms with Gasteiger partial charge in [-0.15, -0.1) is 0 Å². The summed E-state index contributed by atoms with van der Waals surface area (Å²) >= 11 is 3.22. The Morgan fingerprint density at radius 2 is 2.08 bits per heavy atom. The number of halogens is 1. The highest BCUT2D eigenvalue weighted by Gasteiger charge is 2.16. The van der Waals surface area contributed by atoms with Crippen LogP contribution < -0.4 is 10.2 Å². The van der Waals surface area contributed by atoms with Crippen LogP contribution in [0.1, 0.15) is 24.2 Å². The van der Waals surface area contributed by atoms with Crippen molar-refractivity contribution in [2.75, 3.05) is 6.61 Å². The zero-order chi connectivity index (χ0) is 17.5. The molecule has 0 saturated carbocycles. The molecule has 1 unspecified atom stereocenters. The van der Waals surface area contributed by atoms with Crippen molar-refractivity contribution in [2.24, 2.45) is 5.10 Å². The molecule has 0 spiro atoms. The number of phenols is 1. The predicted octanol–water partition coefficient (Wildman–Crippen LogP) is 2.74.